The third-order valence-electron chi connectivity index (χ3n) is 1.74. The highest BCUT2D eigenvalue weighted by molar-refractivity contribution is 5.89. The molecule has 0 heterocycles. The molecule has 0 aliphatic rings. The van der Waals surface area contributed by atoms with Gasteiger partial charge in [-0.1, -0.05) is 18.2 Å². The summed E-state index contributed by atoms with van der Waals surface area (Å²) >= 11 is 0. The van der Waals surface area contributed by atoms with Gasteiger partial charge in [-0.3, -0.25) is 14.4 Å². The maximum Gasteiger partial charge on any atom is 0.310 e. The Kier molecular flexibility index (Phi) is 7.04. The van der Waals surface area contributed by atoms with Crippen LogP contribution in [0, 0.1) is 6.92 Å². The average molecular weight is 251 g/mol. The number of ether oxygens (including phenoxy) is 1. The molecule has 1 rings (SSSR count). The number of hydrogen-bond donors (Lipinski definition) is 1. The minimum atomic E-state index is -0.562. The van der Waals surface area contributed by atoms with Gasteiger partial charge in [-0.05, 0) is 18.6 Å². The number of amides is 1. The second kappa shape index (κ2) is 8.00. The molecular formula is C13H17NO4. The lowest BCUT2D eigenvalue weighted by atomic mass is 10.2. The number of aryl methyl sites for hydroxylation is 1. The van der Waals surface area contributed by atoms with Gasteiger partial charge in [0.15, 0.2) is 0 Å². The zero-order valence-corrected chi connectivity index (χ0v) is 10.9. The molecule has 1 aromatic carbocycles. The lowest BCUT2D eigenvalue weighted by molar-refractivity contribution is -0.156. The van der Waals surface area contributed by atoms with Gasteiger partial charge in [-0.15, -0.1) is 0 Å². The summed E-state index contributed by atoms with van der Waals surface area (Å²) in [6.45, 7) is 5.83. The molecule has 5 nitrogen and oxygen atoms in total. The summed E-state index contributed by atoms with van der Waals surface area (Å²) in [6, 6.07) is 7.70. The summed E-state index contributed by atoms with van der Waals surface area (Å²) in [5, 5.41) is 2.73. The van der Waals surface area contributed by atoms with Crippen LogP contribution in [0.25, 0.3) is 0 Å². The van der Waals surface area contributed by atoms with Crippen molar-refractivity contribution in [2.75, 3.05) is 5.32 Å². The molecule has 98 valence electrons. The van der Waals surface area contributed by atoms with Gasteiger partial charge in [0.25, 0.3) is 0 Å². The highest BCUT2D eigenvalue weighted by Crippen LogP contribution is 2.12. The van der Waals surface area contributed by atoms with Crippen LogP contribution in [0.4, 0.5) is 5.69 Å². The van der Waals surface area contributed by atoms with Crippen molar-refractivity contribution < 1.29 is 19.1 Å². The largest absolute Gasteiger partial charge is 0.394 e. The fourth-order valence-electron chi connectivity index (χ4n) is 1.11. The topological polar surface area (TPSA) is 72.5 Å². The molecule has 1 aromatic rings. The fraction of sp³-hybridized carbons (Fsp3) is 0.308. The minimum absolute atomic E-state index is 0.0284. The molecule has 0 spiro atoms. The number of esters is 2. The summed E-state index contributed by atoms with van der Waals surface area (Å²) in [6.07, 6.45) is 0. The maximum atomic E-state index is 10.7. The van der Waals surface area contributed by atoms with E-state index in [1.165, 1.54) is 20.8 Å². The summed E-state index contributed by atoms with van der Waals surface area (Å²) in [5.41, 5.74) is 1.97. The van der Waals surface area contributed by atoms with E-state index in [9.17, 15) is 14.4 Å². The van der Waals surface area contributed by atoms with Gasteiger partial charge in [0, 0.05) is 26.5 Å². The Hall–Kier alpha value is -2.17. The van der Waals surface area contributed by atoms with E-state index in [0.29, 0.717) is 0 Å². The molecule has 5 heteroatoms. The minimum Gasteiger partial charge on any atom is -0.394 e. The summed E-state index contributed by atoms with van der Waals surface area (Å²) in [4.78, 5) is 30.3. The van der Waals surface area contributed by atoms with E-state index in [1.54, 1.807) is 0 Å². The number of hydrogen-bond acceptors (Lipinski definition) is 4. The van der Waals surface area contributed by atoms with Gasteiger partial charge < -0.3 is 10.1 Å². The van der Waals surface area contributed by atoms with Crippen LogP contribution in [-0.2, 0) is 19.1 Å². The van der Waals surface area contributed by atoms with E-state index in [-0.39, 0.29) is 5.91 Å². The third kappa shape index (κ3) is 8.04. The lowest BCUT2D eigenvalue weighted by Gasteiger charge is -2.03. The summed E-state index contributed by atoms with van der Waals surface area (Å²) in [7, 11) is 0. The molecule has 1 N–H and O–H groups in total. The number of nitrogens with one attached hydrogen (secondary N) is 1. The van der Waals surface area contributed by atoms with Crippen LogP contribution in [-0.4, -0.2) is 17.8 Å². The standard InChI is InChI=1S/C9H11NO.C4H6O3/c1-7-5-3-4-6-9(7)10-8(2)11;1-3(5)7-4(2)6/h3-6H,1-2H3,(H,10,11);1-2H3. The van der Waals surface area contributed by atoms with E-state index < -0.39 is 11.9 Å². The number of rotatable bonds is 1. The van der Waals surface area contributed by atoms with Crippen molar-refractivity contribution in [1.82, 2.24) is 0 Å². The van der Waals surface area contributed by atoms with Crippen molar-refractivity contribution in [3.05, 3.63) is 29.8 Å². The predicted molar refractivity (Wildman–Crippen MR) is 67.9 cm³/mol. The van der Waals surface area contributed by atoms with Crippen molar-refractivity contribution in [2.45, 2.75) is 27.7 Å². The molecule has 0 saturated heterocycles. The van der Waals surface area contributed by atoms with Crippen LogP contribution in [0.1, 0.15) is 26.3 Å². The Balaban J connectivity index is 0.000000360. The number of carbonyl (C=O) groups is 3. The Morgan fingerprint density at radius 3 is 1.83 bits per heavy atom. The van der Waals surface area contributed by atoms with Crippen LogP contribution in [0.3, 0.4) is 0 Å². The van der Waals surface area contributed by atoms with Crippen LogP contribution < -0.4 is 5.32 Å². The lowest BCUT2D eigenvalue weighted by Crippen LogP contribution is -2.06. The average Bonchev–Trinajstić information content (AvgIpc) is 2.19. The molecule has 0 aliphatic carbocycles. The second-order valence-corrected chi connectivity index (χ2v) is 3.58. The van der Waals surface area contributed by atoms with E-state index in [4.69, 9.17) is 0 Å². The molecule has 0 saturated carbocycles. The molecule has 0 radical (unpaired) electrons. The molecule has 0 fully saturated rings. The van der Waals surface area contributed by atoms with Crippen molar-refractivity contribution in [3.8, 4) is 0 Å². The van der Waals surface area contributed by atoms with Crippen LogP contribution >= 0.6 is 0 Å². The van der Waals surface area contributed by atoms with E-state index in [1.807, 2.05) is 31.2 Å². The molecule has 18 heavy (non-hydrogen) atoms. The molecule has 0 unspecified atom stereocenters. The van der Waals surface area contributed by atoms with Gasteiger partial charge in [-0.2, -0.15) is 0 Å². The fourth-order valence-corrected chi connectivity index (χ4v) is 1.11. The van der Waals surface area contributed by atoms with Crippen molar-refractivity contribution in [2.24, 2.45) is 0 Å². The first-order valence-electron chi connectivity index (χ1n) is 5.35. The monoisotopic (exact) mass is 251 g/mol. The van der Waals surface area contributed by atoms with Crippen molar-refractivity contribution >= 4 is 23.5 Å². The van der Waals surface area contributed by atoms with E-state index in [2.05, 4.69) is 10.1 Å². The first kappa shape index (κ1) is 15.8. The second-order valence-electron chi connectivity index (χ2n) is 3.58. The van der Waals surface area contributed by atoms with Crippen LogP contribution in [0.15, 0.2) is 24.3 Å². The zero-order chi connectivity index (χ0) is 14.1. The SMILES string of the molecule is CC(=O)Nc1ccccc1C.CC(=O)OC(C)=O. The predicted octanol–water partition coefficient (Wildman–Crippen LogP) is 2.05. The molecular weight excluding hydrogens is 234 g/mol. The highest BCUT2D eigenvalue weighted by Gasteiger charge is 1.96. The smallest absolute Gasteiger partial charge is 0.310 e. The molecule has 0 aliphatic heterocycles. The van der Waals surface area contributed by atoms with Gasteiger partial charge in [0.05, 0.1) is 0 Å². The molecule has 0 atom stereocenters. The van der Waals surface area contributed by atoms with Gasteiger partial charge in [-0.25, -0.2) is 0 Å². The summed E-state index contributed by atoms with van der Waals surface area (Å²) < 4.78 is 3.97. The maximum absolute atomic E-state index is 10.7. The quantitative estimate of drug-likeness (QED) is 0.612. The zero-order valence-electron chi connectivity index (χ0n) is 10.9. The van der Waals surface area contributed by atoms with Gasteiger partial charge in [0.1, 0.15) is 0 Å². The molecule has 0 aromatic heterocycles. The van der Waals surface area contributed by atoms with E-state index >= 15 is 0 Å². The first-order chi connectivity index (χ1) is 8.32. The number of anilines is 1. The number of benzene rings is 1. The Morgan fingerprint density at radius 2 is 1.50 bits per heavy atom. The van der Waals surface area contributed by atoms with E-state index in [0.717, 1.165) is 11.3 Å². The normalized spacial score (nSPS) is 8.67. The summed E-state index contributed by atoms with van der Waals surface area (Å²) in [5.74, 6) is -1.15. The molecule has 0 bridgehead atoms. The Morgan fingerprint density at radius 1 is 1.00 bits per heavy atom. The molecule has 1 amide bonds. The van der Waals surface area contributed by atoms with Crippen molar-refractivity contribution in [3.63, 3.8) is 0 Å². The Bertz CT molecular complexity index is 428. The van der Waals surface area contributed by atoms with Crippen molar-refractivity contribution in [1.29, 1.82) is 0 Å². The van der Waals surface area contributed by atoms with Gasteiger partial charge >= 0.3 is 11.9 Å². The van der Waals surface area contributed by atoms with Gasteiger partial charge in [0.2, 0.25) is 5.91 Å². The first-order valence-corrected chi connectivity index (χ1v) is 5.35. The number of para-hydroxylation sites is 1. The van der Waals surface area contributed by atoms with Crippen LogP contribution in [0.5, 0.6) is 0 Å². The number of carbonyl (C=O) groups excluding carboxylic acids is 3. The highest BCUT2D eigenvalue weighted by atomic mass is 16.6. The third-order valence-corrected chi connectivity index (χ3v) is 1.74. The van der Waals surface area contributed by atoms with Crippen LogP contribution in [0.2, 0.25) is 0 Å². The Labute approximate surface area is 106 Å².